The molecule has 0 spiro atoms. The maximum Gasteiger partial charge on any atom is 0.240 e. The lowest BCUT2D eigenvalue weighted by molar-refractivity contribution is 0.567. The van der Waals surface area contributed by atoms with Crippen molar-refractivity contribution in [1.29, 1.82) is 0 Å². The second-order valence-corrected chi connectivity index (χ2v) is 8.21. The van der Waals surface area contributed by atoms with Gasteiger partial charge in [-0.25, -0.2) is 17.5 Å². The molecule has 1 heterocycles. The van der Waals surface area contributed by atoms with E-state index in [9.17, 15) is 12.8 Å². The third-order valence-corrected chi connectivity index (χ3v) is 6.45. The first kappa shape index (κ1) is 14.7. The van der Waals surface area contributed by atoms with E-state index >= 15 is 0 Å². The first-order chi connectivity index (χ1) is 9.93. The van der Waals surface area contributed by atoms with Crippen molar-refractivity contribution in [2.75, 3.05) is 6.54 Å². The summed E-state index contributed by atoms with van der Waals surface area (Å²) in [5.74, 6) is -0.397. The van der Waals surface area contributed by atoms with Crippen molar-refractivity contribution in [3.63, 3.8) is 0 Å². The van der Waals surface area contributed by atoms with Gasteiger partial charge in [0.1, 0.15) is 5.82 Å². The van der Waals surface area contributed by atoms with E-state index in [-0.39, 0.29) is 10.3 Å². The molecule has 1 aliphatic rings. The zero-order chi connectivity index (χ0) is 15.1. The first-order valence-corrected chi connectivity index (χ1v) is 9.09. The number of aryl methyl sites for hydroxylation is 1. The zero-order valence-corrected chi connectivity index (χ0v) is 13.2. The van der Waals surface area contributed by atoms with Gasteiger partial charge >= 0.3 is 0 Å². The minimum Gasteiger partial charge on any atom is -0.210 e. The normalized spacial score (nSPS) is 16.9. The zero-order valence-electron chi connectivity index (χ0n) is 11.6. The summed E-state index contributed by atoms with van der Waals surface area (Å²) in [5.41, 5.74) is 0.285. The van der Waals surface area contributed by atoms with Crippen LogP contribution in [0.3, 0.4) is 0 Å². The van der Waals surface area contributed by atoms with Crippen LogP contribution in [-0.4, -0.2) is 15.0 Å². The quantitative estimate of drug-likeness (QED) is 0.917. The molecular weight excluding hydrogens is 309 g/mol. The summed E-state index contributed by atoms with van der Waals surface area (Å²) in [4.78, 5) is 1.34. The lowest BCUT2D eigenvalue weighted by Crippen LogP contribution is -2.32. The van der Waals surface area contributed by atoms with Crippen molar-refractivity contribution in [3.05, 3.63) is 52.0 Å². The number of hydrogen-bond donors (Lipinski definition) is 1. The smallest absolute Gasteiger partial charge is 0.210 e. The van der Waals surface area contributed by atoms with E-state index in [0.29, 0.717) is 12.1 Å². The van der Waals surface area contributed by atoms with E-state index in [1.165, 1.54) is 23.1 Å². The van der Waals surface area contributed by atoms with Crippen LogP contribution in [0, 0.1) is 12.7 Å². The lowest BCUT2D eigenvalue weighted by Gasteiger charge is -2.15. The highest BCUT2D eigenvalue weighted by atomic mass is 32.2. The predicted molar refractivity (Wildman–Crippen MR) is 81.6 cm³/mol. The predicted octanol–water partition coefficient (Wildman–Crippen LogP) is 3.21. The van der Waals surface area contributed by atoms with Crippen LogP contribution in [-0.2, 0) is 15.4 Å². The largest absolute Gasteiger partial charge is 0.240 e. The van der Waals surface area contributed by atoms with Gasteiger partial charge in [-0.1, -0.05) is 6.07 Å². The highest BCUT2D eigenvalue weighted by molar-refractivity contribution is 7.89. The van der Waals surface area contributed by atoms with Gasteiger partial charge in [0.15, 0.2) is 0 Å². The highest BCUT2D eigenvalue weighted by Gasteiger charge is 2.45. The molecule has 0 amide bonds. The van der Waals surface area contributed by atoms with Crippen LogP contribution in [0.5, 0.6) is 0 Å². The van der Waals surface area contributed by atoms with E-state index in [1.54, 1.807) is 18.3 Å². The van der Waals surface area contributed by atoms with Crippen molar-refractivity contribution in [3.8, 4) is 0 Å². The van der Waals surface area contributed by atoms with Crippen LogP contribution in [0.2, 0.25) is 0 Å². The molecule has 6 heteroatoms. The molecule has 21 heavy (non-hydrogen) atoms. The van der Waals surface area contributed by atoms with Crippen molar-refractivity contribution in [1.82, 2.24) is 4.72 Å². The molecule has 3 nitrogen and oxygen atoms in total. The van der Waals surface area contributed by atoms with Crippen LogP contribution in [0.15, 0.2) is 40.6 Å². The summed E-state index contributed by atoms with van der Waals surface area (Å²) in [6, 6.07) is 7.89. The molecule has 0 atom stereocenters. The number of nitrogens with one attached hydrogen (secondary N) is 1. The molecule has 1 saturated carbocycles. The van der Waals surface area contributed by atoms with E-state index in [0.717, 1.165) is 12.8 Å². The van der Waals surface area contributed by atoms with Crippen LogP contribution in [0.4, 0.5) is 4.39 Å². The van der Waals surface area contributed by atoms with Gasteiger partial charge in [-0.2, -0.15) is 0 Å². The molecule has 0 bridgehead atoms. The van der Waals surface area contributed by atoms with Crippen LogP contribution < -0.4 is 4.72 Å². The van der Waals surface area contributed by atoms with Crippen molar-refractivity contribution < 1.29 is 12.8 Å². The van der Waals surface area contributed by atoms with E-state index in [1.807, 2.05) is 17.5 Å². The summed E-state index contributed by atoms with van der Waals surface area (Å²) in [7, 11) is -3.60. The van der Waals surface area contributed by atoms with Gasteiger partial charge in [-0.05, 0) is 55.0 Å². The molecule has 0 unspecified atom stereocenters. The second kappa shape index (κ2) is 5.19. The van der Waals surface area contributed by atoms with Gasteiger partial charge in [0, 0.05) is 16.8 Å². The molecular formula is C15H16FNO2S2. The highest BCUT2D eigenvalue weighted by Crippen LogP contribution is 2.49. The maximum atomic E-state index is 13.2. The van der Waals surface area contributed by atoms with E-state index in [2.05, 4.69) is 4.72 Å². The average Bonchev–Trinajstić information content (AvgIpc) is 3.04. The van der Waals surface area contributed by atoms with Gasteiger partial charge in [0.05, 0.1) is 4.90 Å². The summed E-state index contributed by atoms with van der Waals surface area (Å²) in [6.45, 7) is 1.95. The Morgan fingerprint density at radius 1 is 1.33 bits per heavy atom. The minimum absolute atomic E-state index is 0.0453. The Bertz CT molecular complexity index is 750. The fourth-order valence-corrected chi connectivity index (χ4v) is 4.54. The molecule has 1 aromatic carbocycles. The number of halogens is 1. The summed E-state index contributed by atoms with van der Waals surface area (Å²) < 4.78 is 40.5. The van der Waals surface area contributed by atoms with Gasteiger partial charge in [0.25, 0.3) is 0 Å². The Hall–Kier alpha value is -1.24. The fraction of sp³-hybridized carbons (Fsp3) is 0.333. The average molecular weight is 325 g/mol. The summed E-state index contributed by atoms with van der Waals surface area (Å²) >= 11 is 1.66. The molecule has 0 radical (unpaired) electrons. The van der Waals surface area contributed by atoms with Crippen molar-refractivity contribution in [2.45, 2.75) is 30.1 Å². The lowest BCUT2D eigenvalue weighted by atomic mass is 10.1. The SMILES string of the molecule is Cc1cc(S(=O)(=O)NCC2(c3cccs3)CC2)ccc1F. The number of sulfonamides is 1. The van der Waals surface area contributed by atoms with E-state index < -0.39 is 15.8 Å². The van der Waals surface area contributed by atoms with Gasteiger partial charge < -0.3 is 0 Å². The molecule has 1 N–H and O–H groups in total. The molecule has 0 aliphatic heterocycles. The Morgan fingerprint density at radius 2 is 2.10 bits per heavy atom. The molecule has 2 aromatic rings. The van der Waals surface area contributed by atoms with Gasteiger partial charge in [-0.3, -0.25) is 0 Å². The fourth-order valence-electron chi connectivity index (χ4n) is 2.34. The monoisotopic (exact) mass is 325 g/mol. The Kier molecular flexibility index (Phi) is 3.63. The number of hydrogen-bond acceptors (Lipinski definition) is 3. The molecule has 112 valence electrons. The van der Waals surface area contributed by atoms with Crippen LogP contribution in [0.25, 0.3) is 0 Å². The molecule has 3 rings (SSSR count). The molecule has 1 aromatic heterocycles. The molecule has 0 saturated heterocycles. The molecule has 1 aliphatic carbocycles. The number of thiophene rings is 1. The number of rotatable bonds is 5. The Morgan fingerprint density at radius 3 is 2.67 bits per heavy atom. The van der Waals surface area contributed by atoms with Crippen molar-refractivity contribution in [2.24, 2.45) is 0 Å². The second-order valence-electron chi connectivity index (χ2n) is 5.49. The Labute approximate surface area is 127 Å². The van der Waals surface area contributed by atoms with Crippen LogP contribution >= 0.6 is 11.3 Å². The number of benzene rings is 1. The maximum absolute atomic E-state index is 13.2. The first-order valence-electron chi connectivity index (χ1n) is 6.73. The minimum atomic E-state index is -3.60. The Balaban J connectivity index is 1.76. The third-order valence-electron chi connectivity index (χ3n) is 3.94. The summed E-state index contributed by atoms with van der Waals surface area (Å²) in [6.07, 6.45) is 2.00. The van der Waals surface area contributed by atoms with E-state index in [4.69, 9.17) is 0 Å². The molecule has 1 fully saturated rings. The topological polar surface area (TPSA) is 46.2 Å². The summed E-state index contributed by atoms with van der Waals surface area (Å²) in [5, 5.41) is 2.01. The van der Waals surface area contributed by atoms with Crippen molar-refractivity contribution >= 4 is 21.4 Å². The third kappa shape index (κ3) is 2.88. The van der Waals surface area contributed by atoms with Gasteiger partial charge in [0.2, 0.25) is 10.0 Å². The van der Waals surface area contributed by atoms with Crippen LogP contribution in [0.1, 0.15) is 23.3 Å². The standard InChI is InChI=1S/C15H16FNO2S2/c1-11-9-12(4-5-13(11)16)21(18,19)17-10-15(6-7-15)14-3-2-8-20-14/h2-5,8-9,17H,6-7,10H2,1H3. The van der Waals surface area contributed by atoms with Gasteiger partial charge in [-0.15, -0.1) is 11.3 Å².